The van der Waals surface area contributed by atoms with E-state index < -0.39 is 0 Å². The van der Waals surface area contributed by atoms with Gasteiger partial charge in [-0.05, 0) is 29.6 Å². The molecule has 0 fully saturated rings. The lowest BCUT2D eigenvalue weighted by atomic mass is 10.3. The van der Waals surface area contributed by atoms with Crippen molar-refractivity contribution in [3.8, 4) is 11.0 Å². The highest BCUT2D eigenvalue weighted by molar-refractivity contribution is 7.15. The van der Waals surface area contributed by atoms with Crippen LogP contribution >= 0.6 is 11.3 Å². The van der Waals surface area contributed by atoms with Crippen molar-refractivity contribution in [2.24, 2.45) is 0 Å². The molecule has 0 aliphatic rings. The Morgan fingerprint density at radius 2 is 2.13 bits per heavy atom. The van der Waals surface area contributed by atoms with E-state index in [4.69, 9.17) is 0 Å². The predicted molar refractivity (Wildman–Crippen MR) is 53.2 cm³/mol. The molecule has 76 valence electrons. The standard InChI is InChI=1S/C10H8N2O2S/c1-7-2-4-12(5-3-7)9-8(6-13)15-10(14)11-9/h2-6H,1H3. The number of aldehydes is 1. The Balaban J connectivity index is 2.52. The molecule has 0 atom stereocenters. The maximum absolute atomic E-state index is 11.0. The smallest absolute Gasteiger partial charge is 0.348 e. The summed E-state index contributed by atoms with van der Waals surface area (Å²) in [6.45, 7) is 1.96. The summed E-state index contributed by atoms with van der Waals surface area (Å²) in [6, 6.07) is 3.77. The Morgan fingerprint density at radius 1 is 1.47 bits per heavy atom. The summed E-state index contributed by atoms with van der Waals surface area (Å²) in [6.07, 6.45) is 4.20. The van der Waals surface area contributed by atoms with Crippen LogP contribution in [0.15, 0.2) is 24.5 Å². The maximum Gasteiger partial charge on any atom is 0.348 e. The second-order valence-corrected chi connectivity index (χ2v) is 4.06. The van der Waals surface area contributed by atoms with Gasteiger partial charge in [-0.1, -0.05) is 11.3 Å². The molecule has 0 saturated heterocycles. The minimum atomic E-state index is -0.347. The molecule has 2 heterocycles. The highest BCUT2D eigenvalue weighted by Gasteiger charge is 2.17. The molecule has 2 aromatic heterocycles. The largest absolute Gasteiger partial charge is 0.831 e. The third-order valence-corrected chi connectivity index (χ3v) is 2.73. The lowest BCUT2D eigenvalue weighted by Crippen LogP contribution is -2.31. The highest BCUT2D eigenvalue weighted by Crippen LogP contribution is 2.19. The van der Waals surface area contributed by atoms with E-state index in [-0.39, 0.29) is 5.19 Å². The van der Waals surface area contributed by atoms with Crippen LogP contribution in [0.5, 0.6) is 5.19 Å². The van der Waals surface area contributed by atoms with E-state index >= 15 is 0 Å². The zero-order chi connectivity index (χ0) is 10.8. The van der Waals surface area contributed by atoms with Crippen molar-refractivity contribution in [2.45, 2.75) is 6.92 Å². The molecule has 0 radical (unpaired) electrons. The lowest BCUT2D eigenvalue weighted by molar-refractivity contribution is -0.599. The Hall–Kier alpha value is -1.75. The van der Waals surface area contributed by atoms with E-state index in [1.807, 2.05) is 19.1 Å². The van der Waals surface area contributed by atoms with Crippen LogP contribution in [0.3, 0.4) is 0 Å². The van der Waals surface area contributed by atoms with Crippen LogP contribution in [0.25, 0.3) is 5.82 Å². The third-order valence-electron chi connectivity index (χ3n) is 1.96. The first-order chi connectivity index (χ1) is 7.20. The number of thiazole rings is 1. The van der Waals surface area contributed by atoms with Crippen LogP contribution in [-0.2, 0) is 0 Å². The molecule has 0 unspecified atom stereocenters. The summed E-state index contributed by atoms with van der Waals surface area (Å²) >= 11 is 0.858. The molecule has 0 bridgehead atoms. The van der Waals surface area contributed by atoms with Gasteiger partial charge in [0.05, 0.1) is 12.4 Å². The van der Waals surface area contributed by atoms with Crippen molar-refractivity contribution in [1.82, 2.24) is 4.98 Å². The van der Waals surface area contributed by atoms with Crippen molar-refractivity contribution in [1.29, 1.82) is 0 Å². The number of pyridine rings is 1. The van der Waals surface area contributed by atoms with Crippen molar-refractivity contribution >= 4 is 17.6 Å². The molecular weight excluding hydrogens is 212 g/mol. The molecule has 2 rings (SSSR count). The molecule has 0 saturated carbocycles. The second-order valence-electron chi connectivity index (χ2n) is 3.07. The summed E-state index contributed by atoms with van der Waals surface area (Å²) < 4.78 is 1.66. The Morgan fingerprint density at radius 3 is 2.73 bits per heavy atom. The zero-order valence-corrected chi connectivity index (χ0v) is 8.82. The Kier molecular flexibility index (Phi) is 2.47. The van der Waals surface area contributed by atoms with E-state index in [0.29, 0.717) is 17.0 Å². The van der Waals surface area contributed by atoms with E-state index in [1.54, 1.807) is 17.0 Å². The van der Waals surface area contributed by atoms with Crippen LogP contribution in [-0.4, -0.2) is 11.3 Å². The molecule has 4 nitrogen and oxygen atoms in total. The lowest BCUT2D eigenvalue weighted by Gasteiger charge is -1.94. The third kappa shape index (κ3) is 1.87. The van der Waals surface area contributed by atoms with Crippen molar-refractivity contribution < 1.29 is 14.5 Å². The van der Waals surface area contributed by atoms with E-state index in [2.05, 4.69) is 4.98 Å². The summed E-state index contributed by atoms with van der Waals surface area (Å²) in [5, 5.41) is 10.7. The van der Waals surface area contributed by atoms with Crippen LogP contribution < -0.4 is 9.67 Å². The monoisotopic (exact) mass is 220 g/mol. The summed E-state index contributed by atoms with van der Waals surface area (Å²) in [7, 11) is 0. The molecule has 2 aromatic rings. The minimum Gasteiger partial charge on any atom is -0.831 e. The van der Waals surface area contributed by atoms with Crippen LogP contribution in [0.1, 0.15) is 15.2 Å². The van der Waals surface area contributed by atoms with Gasteiger partial charge in [-0.3, -0.25) is 4.79 Å². The number of aromatic nitrogens is 2. The maximum atomic E-state index is 11.0. The number of hydrogen-bond donors (Lipinski definition) is 0. The molecule has 0 spiro atoms. The summed E-state index contributed by atoms with van der Waals surface area (Å²) in [4.78, 5) is 14.8. The zero-order valence-electron chi connectivity index (χ0n) is 8.01. The fraction of sp³-hybridized carbons (Fsp3) is 0.100. The first kappa shape index (κ1) is 9.79. The number of nitrogens with zero attached hydrogens (tertiary/aromatic N) is 2. The molecule has 0 aromatic carbocycles. The average molecular weight is 220 g/mol. The van der Waals surface area contributed by atoms with Crippen LogP contribution in [0.4, 0.5) is 0 Å². The summed E-state index contributed by atoms with van der Waals surface area (Å²) in [5.41, 5.74) is 1.11. The van der Waals surface area contributed by atoms with Gasteiger partial charge in [0.25, 0.3) is 0 Å². The average Bonchev–Trinajstić information content (AvgIpc) is 2.61. The van der Waals surface area contributed by atoms with Crippen molar-refractivity contribution in [3.05, 3.63) is 35.0 Å². The number of hydrogen-bond acceptors (Lipinski definition) is 4. The Bertz CT molecular complexity index is 491. The van der Waals surface area contributed by atoms with Gasteiger partial charge in [-0.2, -0.15) is 0 Å². The van der Waals surface area contributed by atoms with E-state index in [9.17, 15) is 9.90 Å². The van der Waals surface area contributed by atoms with Gasteiger partial charge in [0.15, 0.2) is 16.4 Å². The number of aryl methyl sites for hydroxylation is 1. The number of rotatable bonds is 2. The quantitative estimate of drug-likeness (QED) is 0.550. The first-order valence-electron chi connectivity index (χ1n) is 4.32. The fourth-order valence-corrected chi connectivity index (χ4v) is 1.82. The van der Waals surface area contributed by atoms with Gasteiger partial charge in [0, 0.05) is 0 Å². The predicted octanol–water partition coefficient (Wildman–Crippen LogP) is 0.614. The topological polar surface area (TPSA) is 56.9 Å². The van der Waals surface area contributed by atoms with Crippen molar-refractivity contribution in [3.63, 3.8) is 0 Å². The van der Waals surface area contributed by atoms with E-state index in [0.717, 1.165) is 16.9 Å². The second kappa shape index (κ2) is 3.78. The molecular formula is C10H8N2O2S. The fourth-order valence-electron chi connectivity index (χ4n) is 1.21. The molecule has 0 aliphatic heterocycles. The minimum absolute atomic E-state index is 0.347. The van der Waals surface area contributed by atoms with Crippen LogP contribution in [0, 0.1) is 6.92 Å². The summed E-state index contributed by atoms with van der Waals surface area (Å²) in [5.74, 6) is 0.403. The van der Waals surface area contributed by atoms with E-state index in [1.165, 1.54) is 0 Å². The van der Waals surface area contributed by atoms with Gasteiger partial charge in [0.2, 0.25) is 0 Å². The molecule has 0 N–H and O–H groups in total. The first-order valence-corrected chi connectivity index (χ1v) is 5.13. The van der Waals surface area contributed by atoms with Gasteiger partial charge >= 0.3 is 5.82 Å². The number of carbonyl (C=O) groups excluding carboxylic acids is 1. The normalized spacial score (nSPS) is 10.2. The van der Waals surface area contributed by atoms with Crippen LogP contribution in [0.2, 0.25) is 0 Å². The van der Waals surface area contributed by atoms with Gasteiger partial charge in [-0.15, -0.1) is 0 Å². The molecule has 0 amide bonds. The number of carbonyl (C=O) groups is 1. The van der Waals surface area contributed by atoms with Gasteiger partial charge in [0.1, 0.15) is 0 Å². The van der Waals surface area contributed by atoms with Gasteiger partial charge in [-0.25, -0.2) is 4.57 Å². The molecule has 5 heteroatoms. The molecule has 0 aliphatic carbocycles. The van der Waals surface area contributed by atoms with Crippen molar-refractivity contribution in [2.75, 3.05) is 0 Å². The highest BCUT2D eigenvalue weighted by atomic mass is 32.1. The Labute approximate surface area is 90.5 Å². The molecule has 15 heavy (non-hydrogen) atoms. The SMILES string of the molecule is Cc1cc[n+](-c2nc([O-])sc2C=O)cc1. The van der Waals surface area contributed by atoms with Gasteiger partial charge < -0.3 is 5.11 Å².